The van der Waals surface area contributed by atoms with E-state index in [0.29, 0.717) is 0 Å². The van der Waals surface area contributed by atoms with Crippen molar-refractivity contribution in [2.24, 2.45) is 0 Å². The minimum atomic E-state index is -0.938. The molecule has 0 aromatic heterocycles. The molecule has 20 heavy (non-hydrogen) atoms. The zero-order valence-corrected chi connectivity index (χ0v) is 12.1. The molecule has 0 unspecified atom stereocenters. The maximum Gasteiger partial charge on any atom is 0.259 e. The minimum absolute atomic E-state index is 0.181. The van der Waals surface area contributed by atoms with Crippen LogP contribution in [0.2, 0.25) is 5.02 Å². The number of halogens is 4. The second kappa shape index (κ2) is 5.76. The Morgan fingerprint density at radius 2 is 1.80 bits per heavy atom. The number of aromatic hydroxyl groups is 1. The zero-order chi connectivity index (χ0) is 14.9. The van der Waals surface area contributed by atoms with Gasteiger partial charge in [0.1, 0.15) is 11.4 Å². The average molecular weight is 363 g/mol. The first-order chi connectivity index (χ1) is 9.38. The zero-order valence-electron chi connectivity index (χ0n) is 9.75. The van der Waals surface area contributed by atoms with Crippen molar-refractivity contribution in [3.8, 4) is 5.75 Å². The van der Waals surface area contributed by atoms with Crippen LogP contribution in [0.5, 0.6) is 5.75 Å². The maximum atomic E-state index is 13.6. The predicted molar refractivity (Wildman–Crippen MR) is 75.1 cm³/mol. The standard InChI is InChI=1S/C13H7BrClF2NO2/c14-6-3-9(16)12(10(17)4-6)18-13(20)8-5-7(15)1-2-11(8)19/h1-5,19H,(H,18,20). The van der Waals surface area contributed by atoms with Gasteiger partial charge in [0.25, 0.3) is 5.91 Å². The molecule has 0 fully saturated rings. The second-order valence-corrected chi connectivity index (χ2v) is 5.21. The lowest BCUT2D eigenvalue weighted by atomic mass is 10.2. The van der Waals surface area contributed by atoms with Crippen LogP contribution in [0.3, 0.4) is 0 Å². The normalized spacial score (nSPS) is 10.4. The molecule has 0 saturated carbocycles. The van der Waals surface area contributed by atoms with Gasteiger partial charge in [-0.3, -0.25) is 4.79 Å². The van der Waals surface area contributed by atoms with Crippen LogP contribution >= 0.6 is 27.5 Å². The first-order valence-electron chi connectivity index (χ1n) is 5.33. The highest BCUT2D eigenvalue weighted by molar-refractivity contribution is 9.10. The molecule has 1 amide bonds. The molecule has 0 spiro atoms. The molecule has 0 heterocycles. The number of nitrogens with one attached hydrogen (secondary N) is 1. The number of hydrogen-bond acceptors (Lipinski definition) is 2. The summed E-state index contributed by atoms with van der Waals surface area (Å²) >= 11 is 8.63. The van der Waals surface area contributed by atoms with E-state index in [9.17, 15) is 18.7 Å². The fraction of sp³-hybridized carbons (Fsp3) is 0. The highest BCUT2D eigenvalue weighted by atomic mass is 79.9. The third-order valence-corrected chi connectivity index (χ3v) is 3.14. The summed E-state index contributed by atoms with van der Waals surface area (Å²) in [6, 6.07) is 5.81. The molecule has 0 bridgehead atoms. The van der Waals surface area contributed by atoms with Gasteiger partial charge in [-0.1, -0.05) is 27.5 Å². The molecule has 0 atom stereocenters. The number of benzene rings is 2. The topological polar surface area (TPSA) is 49.3 Å². The van der Waals surface area contributed by atoms with Gasteiger partial charge >= 0.3 is 0 Å². The van der Waals surface area contributed by atoms with Crippen molar-refractivity contribution in [2.75, 3.05) is 5.32 Å². The molecule has 2 rings (SSSR count). The Morgan fingerprint density at radius 1 is 1.20 bits per heavy atom. The van der Waals surface area contributed by atoms with E-state index in [0.717, 1.165) is 12.1 Å². The van der Waals surface area contributed by atoms with Crippen molar-refractivity contribution in [3.63, 3.8) is 0 Å². The van der Waals surface area contributed by atoms with Gasteiger partial charge in [0.05, 0.1) is 5.56 Å². The van der Waals surface area contributed by atoms with Crippen molar-refractivity contribution < 1.29 is 18.7 Å². The highest BCUT2D eigenvalue weighted by Gasteiger charge is 2.17. The molecule has 0 saturated heterocycles. The van der Waals surface area contributed by atoms with Gasteiger partial charge < -0.3 is 10.4 Å². The smallest absolute Gasteiger partial charge is 0.259 e. The van der Waals surface area contributed by atoms with Gasteiger partial charge in [0, 0.05) is 9.50 Å². The van der Waals surface area contributed by atoms with E-state index in [4.69, 9.17) is 11.6 Å². The van der Waals surface area contributed by atoms with Crippen LogP contribution < -0.4 is 5.32 Å². The highest BCUT2D eigenvalue weighted by Crippen LogP contribution is 2.26. The molecule has 2 aromatic carbocycles. The fourth-order valence-corrected chi connectivity index (χ4v) is 2.11. The van der Waals surface area contributed by atoms with Crippen molar-refractivity contribution in [1.82, 2.24) is 0 Å². The monoisotopic (exact) mass is 361 g/mol. The van der Waals surface area contributed by atoms with Gasteiger partial charge in [-0.2, -0.15) is 0 Å². The summed E-state index contributed by atoms with van der Waals surface area (Å²) < 4.78 is 27.4. The quantitative estimate of drug-likeness (QED) is 0.835. The molecule has 0 radical (unpaired) electrons. The van der Waals surface area contributed by atoms with Gasteiger partial charge in [-0.15, -0.1) is 0 Å². The van der Waals surface area contributed by atoms with Gasteiger partial charge in [-0.25, -0.2) is 8.78 Å². The summed E-state index contributed by atoms with van der Waals surface area (Å²) in [4.78, 5) is 11.9. The summed E-state index contributed by atoms with van der Waals surface area (Å²) in [5.41, 5.74) is -0.781. The van der Waals surface area contributed by atoms with Crippen LogP contribution in [-0.2, 0) is 0 Å². The van der Waals surface area contributed by atoms with Crippen molar-refractivity contribution >= 4 is 39.1 Å². The minimum Gasteiger partial charge on any atom is -0.507 e. The van der Waals surface area contributed by atoms with E-state index in [1.165, 1.54) is 18.2 Å². The van der Waals surface area contributed by atoms with E-state index in [2.05, 4.69) is 21.2 Å². The number of rotatable bonds is 2. The van der Waals surface area contributed by atoms with Crippen LogP contribution in [0.4, 0.5) is 14.5 Å². The Balaban J connectivity index is 2.35. The molecule has 3 nitrogen and oxygen atoms in total. The Bertz CT molecular complexity index is 671. The molecular weight excluding hydrogens is 356 g/mol. The van der Waals surface area contributed by atoms with E-state index in [-0.39, 0.29) is 20.8 Å². The average Bonchev–Trinajstić information content (AvgIpc) is 2.36. The SMILES string of the molecule is O=C(Nc1c(F)cc(Br)cc1F)c1cc(Cl)ccc1O. The number of carbonyl (C=O) groups is 1. The van der Waals surface area contributed by atoms with Crippen LogP contribution in [0.1, 0.15) is 10.4 Å². The Kier molecular flexibility index (Phi) is 4.25. The van der Waals surface area contributed by atoms with E-state index >= 15 is 0 Å². The third-order valence-electron chi connectivity index (χ3n) is 2.45. The van der Waals surface area contributed by atoms with Crippen LogP contribution in [0.25, 0.3) is 0 Å². The number of carbonyl (C=O) groups excluding carboxylic acids is 1. The summed E-state index contributed by atoms with van der Waals surface area (Å²) in [5.74, 6) is -3.09. The number of phenols is 1. The van der Waals surface area contributed by atoms with Gasteiger partial charge in [0.2, 0.25) is 0 Å². The van der Waals surface area contributed by atoms with Crippen LogP contribution in [0, 0.1) is 11.6 Å². The number of hydrogen-bond donors (Lipinski definition) is 2. The number of phenolic OH excluding ortho intramolecular Hbond substituents is 1. The lowest BCUT2D eigenvalue weighted by molar-refractivity contribution is 0.102. The summed E-state index contributed by atoms with van der Waals surface area (Å²) in [6.45, 7) is 0. The Hall–Kier alpha value is -1.66. The molecule has 104 valence electrons. The maximum absolute atomic E-state index is 13.6. The van der Waals surface area contributed by atoms with E-state index < -0.39 is 23.2 Å². The number of anilines is 1. The summed E-state index contributed by atoms with van der Waals surface area (Å²) in [5, 5.41) is 11.8. The van der Waals surface area contributed by atoms with Crippen molar-refractivity contribution in [1.29, 1.82) is 0 Å². The molecule has 0 aliphatic carbocycles. The second-order valence-electron chi connectivity index (χ2n) is 3.86. The summed E-state index contributed by atoms with van der Waals surface area (Å²) in [7, 11) is 0. The molecule has 0 aliphatic heterocycles. The summed E-state index contributed by atoms with van der Waals surface area (Å²) in [6.07, 6.45) is 0. The van der Waals surface area contributed by atoms with Crippen molar-refractivity contribution in [2.45, 2.75) is 0 Å². The van der Waals surface area contributed by atoms with Crippen molar-refractivity contribution in [3.05, 3.63) is 57.0 Å². The van der Waals surface area contributed by atoms with Crippen LogP contribution in [0.15, 0.2) is 34.8 Å². The van der Waals surface area contributed by atoms with Crippen LogP contribution in [-0.4, -0.2) is 11.0 Å². The van der Waals surface area contributed by atoms with Gasteiger partial charge in [-0.05, 0) is 30.3 Å². The first-order valence-corrected chi connectivity index (χ1v) is 6.50. The molecule has 0 aliphatic rings. The number of amides is 1. The Labute approximate surface area is 126 Å². The van der Waals surface area contributed by atoms with E-state index in [1.54, 1.807) is 0 Å². The molecular formula is C13H7BrClF2NO2. The molecule has 2 N–H and O–H groups in total. The lowest BCUT2D eigenvalue weighted by Crippen LogP contribution is -2.14. The largest absolute Gasteiger partial charge is 0.507 e. The molecule has 7 heteroatoms. The fourth-order valence-electron chi connectivity index (χ4n) is 1.53. The first kappa shape index (κ1) is 14.7. The van der Waals surface area contributed by atoms with Gasteiger partial charge in [0.15, 0.2) is 11.6 Å². The Morgan fingerprint density at radius 3 is 2.40 bits per heavy atom. The predicted octanol–water partition coefficient (Wildman–Crippen LogP) is 4.34. The molecule has 2 aromatic rings. The van der Waals surface area contributed by atoms with E-state index in [1.807, 2.05) is 0 Å². The third kappa shape index (κ3) is 3.08. The lowest BCUT2D eigenvalue weighted by Gasteiger charge is -2.09.